The van der Waals surface area contributed by atoms with Crippen LogP contribution in [0.5, 0.6) is 11.5 Å². The molecule has 1 saturated carbocycles. The first-order valence-electron chi connectivity index (χ1n) is 7.08. The molecular formula is C16H15NO3. The molecule has 2 heterocycles. The van der Waals surface area contributed by atoms with Crippen LogP contribution < -0.4 is 9.47 Å². The first-order valence-corrected chi connectivity index (χ1v) is 7.08. The summed E-state index contributed by atoms with van der Waals surface area (Å²) >= 11 is 0. The van der Waals surface area contributed by atoms with Gasteiger partial charge in [-0.25, -0.2) is 0 Å². The Bertz CT molecular complexity index is 645. The van der Waals surface area contributed by atoms with Crippen LogP contribution >= 0.6 is 0 Å². The van der Waals surface area contributed by atoms with Gasteiger partial charge >= 0.3 is 0 Å². The maximum Gasteiger partial charge on any atom is 0.163 e. The zero-order valence-electron chi connectivity index (χ0n) is 11.4. The number of fused-ring (bicyclic) bond motifs is 2. The van der Waals surface area contributed by atoms with E-state index >= 15 is 0 Å². The van der Waals surface area contributed by atoms with Gasteiger partial charge in [0, 0.05) is 29.5 Å². The Morgan fingerprint density at radius 1 is 1.15 bits per heavy atom. The topological polar surface area (TPSA) is 59.3 Å². The lowest BCUT2D eigenvalue weighted by Gasteiger charge is -2.19. The molecule has 0 N–H and O–H groups in total. The molecule has 0 atom stereocenters. The van der Waals surface area contributed by atoms with Crippen molar-refractivity contribution in [3.05, 3.63) is 22.3 Å². The van der Waals surface area contributed by atoms with E-state index in [9.17, 15) is 10.1 Å². The van der Waals surface area contributed by atoms with Crippen LogP contribution in [0, 0.1) is 11.3 Å². The number of nitriles is 1. The molecule has 0 aromatic heterocycles. The molecule has 3 aliphatic rings. The van der Waals surface area contributed by atoms with Crippen molar-refractivity contribution < 1.29 is 14.3 Å². The van der Waals surface area contributed by atoms with E-state index in [1.807, 2.05) is 0 Å². The quantitative estimate of drug-likeness (QED) is 0.773. The molecule has 1 aromatic rings. The van der Waals surface area contributed by atoms with Crippen molar-refractivity contribution in [1.82, 2.24) is 0 Å². The van der Waals surface area contributed by atoms with E-state index in [0.29, 0.717) is 18.8 Å². The Balaban J connectivity index is 2.07. The summed E-state index contributed by atoms with van der Waals surface area (Å²) in [5, 5.41) is 9.54. The fourth-order valence-corrected chi connectivity index (χ4v) is 3.53. The summed E-state index contributed by atoms with van der Waals surface area (Å²) in [6.07, 6.45) is 3.26. The molecule has 4 heteroatoms. The Labute approximate surface area is 117 Å². The van der Waals surface area contributed by atoms with Crippen molar-refractivity contribution in [2.24, 2.45) is 0 Å². The molecule has 20 heavy (non-hydrogen) atoms. The standard InChI is InChI=1S/C16H15NO3/c1-9(18)12-10-2-6-20-15(10)13(16(8-17)4-5-16)11-3-7-19-14(11)12/h2-7H2,1H3. The van der Waals surface area contributed by atoms with Crippen LogP contribution in [-0.4, -0.2) is 19.0 Å². The number of hydrogen-bond acceptors (Lipinski definition) is 4. The number of ether oxygens (including phenoxy) is 2. The summed E-state index contributed by atoms with van der Waals surface area (Å²) in [6.45, 7) is 2.76. The van der Waals surface area contributed by atoms with Crippen molar-refractivity contribution >= 4 is 5.78 Å². The van der Waals surface area contributed by atoms with Crippen LogP contribution in [0.1, 0.15) is 46.8 Å². The Morgan fingerprint density at radius 3 is 2.40 bits per heavy atom. The van der Waals surface area contributed by atoms with Crippen LogP contribution in [0.2, 0.25) is 0 Å². The molecule has 4 nitrogen and oxygen atoms in total. The minimum Gasteiger partial charge on any atom is -0.493 e. The van der Waals surface area contributed by atoms with Gasteiger partial charge in [-0.3, -0.25) is 4.79 Å². The number of carbonyl (C=O) groups excluding carboxylic acids is 1. The number of hydrogen-bond donors (Lipinski definition) is 0. The first kappa shape index (κ1) is 11.8. The summed E-state index contributed by atoms with van der Waals surface area (Å²) in [7, 11) is 0. The average Bonchev–Trinajstić information content (AvgIpc) is 2.84. The molecule has 0 spiro atoms. The Kier molecular flexibility index (Phi) is 2.21. The second-order valence-corrected chi connectivity index (χ2v) is 5.81. The number of benzene rings is 1. The van der Waals surface area contributed by atoms with Gasteiger partial charge in [-0.1, -0.05) is 0 Å². The molecule has 0 unspecified atom stereocenters. The number of rotatable bonds is 2. The second-order valence-electron chi connectivity index (χ2n) is 5.81. The van der Waals surface area contributed by atoms with Gasteiger partial charge in [-0.05, 0) is 19.8 Å². The highest BCUT2D eigenvalue weighted by Gasteiger charge is 2.51. The van der Waals surface area contributed by atoms with E-state index in [4.69, 9.17) is 9.47 Å². The minimum atomic E-state index is -0.401. The number of carbonyl (C=O) groups is 1. The molecule has 1 aliphatic carbocycles. The number of nitrogens with zero attached hydrogens (tertiary/aromatic N) is 1. The third-order valence-corrected chi connectivity index (χ3v) is 4.60. The molecule has 2 aliphatic heterocycles. The summed E-state index contributed by atoms with van der Waals surface area (Å²) < 4.78 is 11.6. The maximum absolute atomic E-state index is 12.0. The first-order chi connectivity index (χ1) is 9.68. The summed E-state index contributed by atoms with van der Waals surface area (Å²) in [6, 6.07) is 2.46. The minimum absolute atomic E-state index is 0.0262. The summed E-state index contributed by atoms with van der Waals surface area (Å²) in [4.78, 5) is 12.0. The van der Waals surface area contributed by atoms with Crippen molar-refractivity contribution in [2.45, 2.75) is 38.0 Å². The van der Waals surface area contributed by atoms with Crippen LogP contribution in [0.4, 0.5) is 0 Å². The lowest BCUT2D eigenvalue weighted by molar-refractivity contribution is 0.101. The predicted molar refractivity (Wildman–Crippen MR) is 71.4 cm³/mol. The van der Waals surface area contributed by atoms with Gasteiger partial charge in [-0.2, -0.15) is 5.26 Å². The number of Topliss-reactive ketones (excluding diaryl/α,β-unsaturated/α-hetero) is 1. The van der Waals surface area contributed by atoms with Gasteiger partial charge in [0.05, 0.1) is 30.3 Å². The lowest BCUT2D eigenvalue weighted by Crippen LogP contribution is -2.11. The Hall–Kier alpha value is -2.02. The monoisotopic (exact) mass is 269 g/mol. The molecule has 0 saturated heterocycles. The van der Waals surface area contributed by atoms with Crippen molar-refractivity contribution in [1.29, 1.82) is 5.26 Å². The van der Waals surface area contributed by atoms with Gasteiger partial charge in [0.2, 0.25) is 0 Å². The molecule has 1 aromatic carbocycles. The van der Waals surface area contributed by atoms with Crippen LogP contribution in [0.15, 0.2) is 0 Å². The van der Waals surface area contributed by atoms with E-state index in [1.165, 1.54) is 0 Å². The fraction of sp³-hybridized carbons (Fsp3) is 0.500. The van der Waals surface area contributed by atoms with Gasteiger partial charge in [-0.15, -0.1) is 0 Å². The van der Waals surface area contributed by atoms with Gasteiger partial charge in [0.25, 0.3) is 0 Å². The molecule has 4 rings (SSSR count). The molecule has 0 bridgehead atoms. The van der Waals surface area contributed by atoms with E-state index in [1.54, 1.807) is 6.92 Å². The molecular weight excluding hydrogens is 254 g/mol. The molecule has 0 radical (unpaired) electrons. The maximum atomic E-state index is 12.0. The van der Waals surface area contributed by atoms with Crippen LogP contribution in [0.25, 0.3) is 0 Å². The van der Waals surface area contributed by atoms with Crippen molar-refractivity contribution in [2.75, 3.05) is 13.2 Å². The van der Waals surface area contributed by atoms with Crippen LogP contribution in [-0.2, 0) is 18.3 Å². The van der Waals surface area contributed by atoms with Gasteiger partial charge < -0.3 is 9.47 Å². The average molecular weight is 269 g/mol. The van der Waals surface area contributed by atoms with Gasteiger partial charge in [0.1, 0.15) is 11.5 Å². The zero-order valence-corrected chi connectivity index (χ0v) is 11.4. The van der Waals surface area contributed by atoms with Crippen molar-refractivity contribution in [3.8, 4) is 17.6 Å². The second kappa shape index (κ2) is 3.76. The predicted octanol–water partition coefficient (Wildman–Crippen LogP) is 2.31. The van der Waals surface area contributed by atoms with Crippen LogP contribution in [0.3, 0.4) is 0 Å². The smallest absolute Gasteiger partial charge is 0.163 e. The molecule has 0 amide bonds. The van der Waals surface area contributed by atoms with E-state index in [2.05, 4.69) is 6.07 Å². The van der Waals surface area contributed by atoms with E-state index in [0.717, 1.165) is 53.9 Å². The third kappa shape index (κ3) is 1.33. The highest BCUT2D eigenvalue weighted by atomic mass is 16.5. The van der Waals surface area contributed by atoms with Gasteiger partial charge in [0.15, 0.2) is 5.78 Å². The summed E-state index contributed by atoms with van der Waals surface area (Å²) in [5.41, 5.74) is 3.29. The number of ketones is 1. The summed E-state index contributed by atoms with van der Waals surface area (Å²) in [5.74, 6) is 1.55. The fourth-order valence-electron chi connectivity index (χ4n) is 3.53. The highest BCUT2D eigenvalue weighted by molar-refractivity contribution is 6.00. The SMILES string of the molecule is CC(=O)c1c2c(c(C3(C#N)CC3)c3c1OCC3)OCC2. The lowest BCUT2D eigenvalue weighted by atomic mass is 9.85. The highest BCUT2D eigenvalue weighted by Crippen LogP contribution is 2.57. The zero-order chi connectivity index (χ0) is 13.9. The molecule has 1 fully saturated rings. The van der Waals surface area contributed by atoms with E-state index in [-0.39, 0.29) is 5.78 Å². The van der Waals surface area contributed by atoms with E-state index < -0.39 is 5.41 Å². The normalized spacial score (nSPS) is 20.4. The van der Waals surface area contributed by atoms with Crippen molar-refractivity contribution in [3.63, 3.8) is 0 Å². The Morgan fingerprint density at radius 2 is 1.80 bits per heavy atom. The molecule has 102 valence electrons. The third-order valence-electron chi connectivity index (χ3n) is 4.60. The largest absolute Gasteiger partial charge is 0.493 e.